The van der Waals surface area contributed by atoms with E-state index in [9.17, 15) is 9.59 Å². The van der Waals surface area contributed by atoms with Gasteiger partial charge in [0.05, 0.1) is 6.54 Å². The van der Waals surface area contributed by atoms with Crippen LogP contribution in [0.3, 0.4) is 0 Å². The standard InChI is InChI=1S/C16H24N5O2/c1-7-19-10(4)11(5)21-12-13(17-15(19)21)18(6)16(23)20(14(12)22)8-9(2)3/h9,12H,7-8H2,1-6H3/q+1. The van der Waals surface area contributed by atoms with E-state index in [0.717, 1.165) is 23.9 Å². The van der Waals surface area contributed by atoms with Gasteiger partial charge in [-0.2, -0.15) is 0 Å². The van der Waals surface area contributed by atoms with Gasteiger partial charge in [0, 0.05) is 13.6 Å². The lowest BCUT2D eigenvalue weighted by Gasteiger charge is -2.34. The molecule has 1 fully saturated rings. The molecule has 2 aliphatic heterocycles. The average Bonchev–Trinajstić information content (AvgIpc) is 2.98. The zero-order valence-corrected chi connectivity index (χ0v) is 14.6. The van der Waals surface area contributed by atoms with Crippen molar-refractivity contribution in [2.75, 3.05) is 13.6 Å². The smallest absolute Gasteiger partial charge is 0.270 e. The number of fused-ring (bicyclic) bond motifs is 3. The number of aromatic nitrogens is 2. The van der Waals surface area contributed by atoms with E-state index in [1.54, 1.807) is 7.05 Å². The van der Waals surface area contributed by atoms with Gasteiger partial charge >= 0.3 is 12.0 Å². The molecule has 0 aromatic carbocycles. The van der Waals surface area contributed by atoms with E-state index in [1.807, 2.05) is 32.3 Å². The summed E-state index contributed by atoms with van der Waals surface area (Å²) in [5.74, 6) is 1.33. The number of imide groups is 1. The maximum Gasteiger partial charge on any atom is 0.402 e. The third-order valence-corrected chi connectivity index (χ3v) is 4.69. The van der Waals surface area contributed by atoms with E-state index in [0.29, 0.717) is 12.4 Å². The Morgan fingerprint density at radius 1 is 1.26 bits per heavy atom. The molecule has 1 aromatic heterocycles. The number of amides is 3. The Kier molecular flexibility index (Phi) is 3.54. The molecule has 0 bridgehead atoms. The minimum absolute atomic E-state index is 0.180. The predicted octanol–water partition coefficient (Wildman–Crippen LogP) is 1.55. The number of amidine groups is 1. The van der Waals surface area contributed by atoms with E-state index >= 15 is 0 Å². The molecule has 0 radical (unpaired) electrons. The Morgan fingerprint density at radius 3 is 2.48 bits per heavy atom. The Morgan fingerprint density at radius 2 is 1.91 bits per heavy atom. The number of likely N-dealkylation sites (N-methyl/N-ethyl adjacent to an activating group) is 1. The molecule has 7 heteroatoms. The molecule has 3 rings (SSSR count). The fourth-order valence-electron chi connectivity index (χ4n) is 3.41. The summed E-state index contributed by atoms with van der Waals surface area (Å²) in [6.07, 6.45) is 0. The molecule has 7 nitrogen and oxygen atoms in total. The van der Waals surface area contributed by atoms with Crippen LogP contribution in [-0.4, -0.2) is 45.7 Å². The van der Waals surface area contributed by atoms with Crippen LogP contribution in [0.1, 0.15) is 38.2 Å². The molecule has 1 unspecified atom stereocenters. The molecular formula is C16H24N5O2+. The molecule has 0 spiro atoms. The van der Waals surface area contributed by atoms with Gasteiger partial charge in [-0.3, -0.25) is 14.6 Å². The van der Waals surface area contributed by atoms with Gasteiger partial charge in [-0.05, 0) is 26.7 Å². The first kappa shape index (κ1) is 15.7. The fraction of sp³-hybridized carbons (Fsp3) is 0.625. The minimum atomic E-state index is -0.530. The summed E-state index contributed by atoms with van der Waals surface area (Å²) >= 11 is 0. The number of nitrogens with zero attached hydrogens (tertiary/aromatic N) is 5. The molecule has 1 aromatic rings. The van der Waals surface area contributed by atoms with Crippen molar-refractivity contribution >= 4 is 23.7 Å². The largest absolute Gasteiger partial charge is 0.402 e. The second kappa shape index (κ2) is 5.18. The lowest BCUT2D eigenvalue weighted by molar-refractivity contribution is -0.685. The summed E-state index contributed by atoms with van der Waals surface area (Å²) in [6.45, 7) is 11.3. The van der Waals surface area contributed by atoms with Crippen LogP contribution in [-0.2, 0) is 11.3 Å². The lowest BCUT2D eigenvalue weighted by Crippen LogP contribution is -2.58. The van der Waals surface area contributed by atoms with Crippen molar-refractivity contribution in [3.05, 3.63) is 11.4 Å². The number of rotatable bonds is 3. The van der Waals surface area contributed by atoms with Crippen LogP contribution in [0.4, 0.5) is 10.7 Å². The molecule has 3 amide bonds. The molecule has 2 aliphatic rings. The van der Waals surface area contributed by atoms with E-state index < -0.39 is 6.04 Å². The molecular weight excluding hydrogens is 294 g/mol. The first-order valence-electron chi connectivity index (χ1n) is 8.08. The summed E-state index contributed by atoms with van der Waals surface area (Å²) in [6, 6.07) is -0.820. The number of hydrogen-bond donors (Lipinski definition) is 0. The number of hydrogen-bond acceptors (Lipinski definition) is 3. The third kappa shape index (κ3) is 2.02. The van der Waals surface area contributed by atoms with Gasteiger partial charge in [0.1, 0.15) is 11.4 Å². The number of urea groups is 1. The molecule has 1 atom stereocenters. The summed E-state index contributed by atoms with van der Waals surface area (Å²) in [4.78, 5) is 33.0. The topological polar surface area (TPSA) is 61.8 Å². The predicted molar refractivity (Wildman–Crippen MR) is 85.6 cm³/mol. The van der Waals surface area contributed by atoms with Gasteiger partial charge in [0.2, 0.25) is 11.9 Å². The number of imidazole rings is 1. The first-order chi connectivity index (χ1) is 10.8. The van der Waals surface area contributed by atoms with E-state index in [-0.39, 0.29) is 17.9 Å². The van der Waals surface area contributed by atoms with Crippen LogP contribution in [0.15, 0.2) is 4.99 Å². The zero-order chi connectivity index (χ0) is 17.0. The highest BCUT2D eigenvalue weighted by atomic mass is 16.2. The SMILES string of the molecule is CC[n+]1c(C)c(C)n2c1N=C1C2C(=O)N(CC(C)C)C(=O)N1C. The second-order valence-electron chi connectivity index (χ2n) is 6.64. The summed E-state index contributed by atoms with van der Waals surface area (Å²) < 4.78 is 4.05. The highest BCUT2D eigenvalue weighted by Crippen LogP contribution is 2.35. The molecule has 124 valence electrons. The Labute approximate surface area is 136 Å². The summed E-state index contributed by atoms with van der Waals surface area (Å²) in [5, 5.41) is 0. The number of carbonyl (C=O) groups is 2. The van der Waals surface area contributed by atoms with Gasteiger partial charge in [-0.1, -0.05) is 18.8 Å². The van der Waals surface area contributed by atoms with Gasteiger partial charge in [0.25, 0.3) is 5.91 Å². The van der Waals surface area contributed by atoms with Crippen LogP contribution >= 0.6 is 0 Å². The Bertz CT molecular complexity index is 731. The molecule has 3 heterocycles. The average molecular weight is 318 g/mol. The summed E-state index contributed by atoms with van der Waals surface area (Å²) in [5.41, 5.74) is 2.12. The first-order valence-corrected chi connectivity index (χ1v) is 8.08. The van der Waals surface area contributed by atoms with Crippen molar-refractivity contribution in [3.8, 4) is 0 Å². The fourth-order valence-corrected chi connectivity index (χ4v) is 3.41. The third-order valence-electron chi connectivity index (χ3n) is 4.69. The number of carbonyl (C=O) groups excluding carboxylic acids is 2. The Balaban J connectivity index is 2.14. The second-order valence-corrected chi connectivity index (χ2v) is 6.64. The highest BCUT2D eigenvalue weighted by Gasteiger charge is 2.53. The molecule has 0 N–H and O–H groups in total. The number of aliphatic imine (C=N–C) groups is 1. The van der Waals surface area contributed by atoms with Crippen LogP contribution in [0.25, 0.3) is 0 Å². The van der Waals surface area contributed by atoms with Gasteiger partial charge in [0.15, 0.2) is 0 Å². The zero-order valence-electron chi connectivity index (χ0n) is 14.6. The van der Waals surface area contributed by atoms with Gasteiger partial charge in [-0.15, -0.1) is 0 Å². The van der Waals surface area contributed by atoms with Gasteiger partial charge in [-0.25, -0.2) is 13.9 Å². The van der Waals surface area contributed by atoms with Crippen molar-refractivity contribution in [1.82, 2.24) is 14.4 Å². The maximum absolute atomic E-state index is 13.0. The van der Waals surface area contributed by atoms with Crippen molar-refractivity contribution in [2.24, 2.45) is 10.9 Å². The van der Waals surface area contributed by atoms with Crippen LogP contribution < -0.4 is 4.57 Å². The van der Waals surface area contributed by atoms with Crippen molar-refractivity contribution in [3.63, 3.8) is 0 Å². The van der Waals surface area contributed by atoms with Crippen molar-refractivity contribution in [2.45, 2.75) is 47.2 Å². The highest BCUT2D eigenvalue weighted by molar-refractivity contribution is 6.20. The molecule has 0 saturated carbocycles. The van der Waals surface area contributed by atoms with Crippen LogP contribution in [0.2, 0.25) is 0 Å². The summed E-state index contributed by atoms with van der Waals surface area (Å²) in [7, 11) is 1.69. The lowest BCUT2D eigenvalue weighted by atomic mass is 10.1. The van der Waals surface area contributed by atoms with E-state index in [1.165, 1.54) is 9.80 Å². The van der Waals surface area contributed by atoms with Crippen molar-refractivity contribution < 1.29 is 14.2 Å². The Hall–Kier alpha value is -2.18. The van der Waals surface area contributed by atoms with Crippen LogP contribution in [0, 0.1) is 19.8 Å². The maximum atomic E-state index is 13.0. The van der Waals surface area contributed by atoms with Gasteiger partial charge < -0.3 is 0 Å². The normalized spacial score (nSPS) is 20.3. The molecule has 1 saturated heterocycles. The minimum Gasteiger partial charge on any atom is -0.270 e. The van der Waals surface area contributed by atoms with E-state index in [4.69, 9.17) is 0 Å². The van der Waals surface area contributed by atoms with Crippen LogP contribution in [0.5, 0.6) is 0 Å². The quantitative estimate of drug-likeness (QED) is 0.794. The monoisotopic (exact) mass is 318 g/mol. The molecule has 23 heavy (non-hydrogen) atoms. The van der Waals surface area contributed by atoms with Crippen molar-refractivity contribution in [1.29, 1.82) is 0 Å². The molecule has 0 aliphatic carbocycles. The van der Waals surface area contributed by atoms with E-state index in [2.05, 4.69) is 16.5 Å².